The van der Waals surface area contributed by atoms with Crippen LogP contribution < -0.4 is 4.74 Å². The van der Waals surface area contributed by atoms with Gasteiger partial charge in [-0.2, -0.15) is 0 Å². The Kier molecular flexibility index (Phi) is 6.36. The lowest BCUT2D eigenvalue weighted by Crippen LogP contribution is -1.94. The van der Waals surface area contributed by atoms with Crippen molar-refractivity contribution >= 4 is 44.5 Å². The predicted octanol–water partition coefficient (Wildman–Crippen LogP) is 10.4. The molecule has 5 heterocycles. The molecule has 8 aromatic rings. The number of methoxy groups -OCH3 is 1. The zero-order valence-electron chi connectivity index (χ0n) is 23.3. The molecule has 0 unspecified atom stereocenters. The molecule has 4 nitrogen and oxygen atoms in total. The highest BCUT2D eigenvalue weighted by atomic mass is 32.1. The number of rotatable bonds is 6. The van der Waals surface area contributed by atoms with E-state index in [1.54, 1.807) is 29.8 Å². The van der Waals surface area contributed by atoms with Crippen molar-refractivity contribution in [2.75, 3.05) is 7.11 Å². The SMILES string of the molecule is COc1ccc(-n2c3ccc(-c4ccc(-c5cccnc5)s4)cc3c3cc(-c4ccc(-c5cccnc5)s4)ccc32)cc1. The number of thiophene rings is 2. The predicted molar refractivity (Wildman–Crippen MR) is 180 cm³/mol. The Morgan fingerprint density at radius 3 is 1.47 bits per heavy atom. The molecule has 43 heavy (non-hydrogen) atoms. The first-order chi connectivity index (χ1) is 21.2. The normalized spacial score (nSPS) is 11.4. The van der Waals surface area contributed by atoms with Crippen molar-refractivity contribution in [2.24, 2.45) is 0 Å². The highest BCUT2D eigenvalue weighted by Crippen LogP contribution is 2.41. The van der Waals surface area contributed by atoms with E-state index in [0.29, 0.717) is 0 Å². The van der Waals surface area contributed by atoms with Gasteiger partial charge >= 0.3 is 0 Å². The molecule has 0 aliphatic carbocycles. The number of aromatic nitrogens is 3. The molecule has 0 radical (unpaired) electrons. The second-order valence-electron chi connectivity index (χ2n) is 10.3. The van der Waals surface area contributed by atoms with Crippen LogP contribution in [0.2, 0.25) is 0 Å². The monoisotopic (exact) mass is 591 g/mol. The Morgan fingerprint density at radius 1 is 0.535 bits per heavy atom. The van der Waals surface area contributed by atoms with Gasteiger partial charge in [-0.1, -0.05) is 24.3 Å². The van der Waals surface area contributed by atoms with Gasteiger partial charge in [-0.15, -0.1) is 22.7 Å². The molecular weight excluding hydrogens is 567 g/mol. The minimum absolute atomic E-state index is 0.846. The molecule has 3 aromatic carbocycles. The van der Waals surface area contributed by atoms with Crippen molar-refractivity contribution in [2.45, 2.75) is 0 Å². The number of hydrogen-bond acceptors (Lipinski definition) is 5. The molecule has 0 fully saturated rings. The molecule has 0 amide bonds. The molecule has 0 atom stereocenters. The fraction of sp³-hybridized carbons (Fsp3) is 0.0270. The number of hydrogen-bond donors (Lipinski definition) is 0. The third kappa shape index (κ3) is 4.61. The number of nitrogens with zero attached hydrogens (tertiary/aromatic N) is 3. The van der Waals surface area contributed by atoms with Crippen molar-refractivity contribution in [3.05, 3.63) is 134 Å². The average Bonchev–Trinajstić information content (AvgIpc) is 3.84. The van der Waals surface area contributed by atoms with Crippen LogP contribution in [0.15, 0.2) is 134 Å². The number of ether oxygens (including phenoxy) is 1. The van der Waals surface area contributed by atoms with E-state index in [0.717, 1.165) is 22.6 Å². The molecule has 206 valence electrons. The van der Waals surface area contributed by atoms with E-state index in [1.807, 2.05) is 49.1 Å². The summed E-state index contributed by atoms with van der Waals surface area (Å²) >= 11 is 3.59. The summed E-state index contributed by atoms with van der Waals surface area (Å²) in [5, 5.41) is 2.45. The zero-order chi connectivity index (χ0) is 28.8. The van der Waals surface area contributed by atoms with Crippen molar-refractivity contribution < 1.29 is 4.74 Å². The van der Waals surface area contributed by atoms with E-state index in [1.165, 1.54) is 52.4 Å². The smallest absolute Gasteiger partial charge is 0.119 e. The largest absolute Gasteiger partial charge is 0.497 e. The summed E-state index contributed by atoms with van der Waals surface area (Å²) in [6, 6.07) is 39.0. The highest BCUT2D eigenvalue weighted by molar-refractivity contribution is 7.19. The van der Waals surface area contributed by atoms with Gasteiger partial charge in [0.25, 0.3) is 0 Å². The van der Waals surface area contributed by atoms with Gasteiger partial charge in [0.05, 0.1) is 18.1 Å². The maximum Gasteiger partial charge on any atom is 0.119 e. The van der Waals surface area contributed by atoms with Crippen LogP contribution in [0, 0.1) is 0 Å². The number of fused-ring (bicyclic) bond motifs is 3. The van der Waals surface area contributed by atoms with E-state index >= 15 is 0 Å². The van der Waals surface area contributed by atoms with Crippen LogP contribution in [0.25, 0.3) is 69.3 Å². The van der Waals surface area contributed by atoms with Crippen molar-refractivity contribution in [3.8, 4) is 53.2 Å². The third-order valence-electron chi connectivity index (χ3n) is 7.77. The van der Waals surface area contributed by atoms with Crippen molar-refractivity contribution in [3.63, 3.8) is 0 Å². The van der Waals surface area contributed by atoms with Gasteiger partial charge in [-0.25, -0.2) is 0 Å². The van der Waals surface area contributed by atoms with Gasteiger partial charge in [0.15, 0.2) is 0 Å². The van der Waals surface area contributed by atoms with E-state index in [4.69, 9.17) is 4.74 Å². The fourth-order valence-corrected chi connectivity index (χ4v) is 7.64. The molecule has 6 heteroatoms. The summed E-state index contributed by atoms with van der Waals surface area (Å²) in [7, 11) is 1.70. The van der Waals surface area contributed by atoms with Crippen LogP contribution in [0.1, 0.15) is 0 Å². The Balaban J connectivity index is 1.29. The maximum atomic E-state index is 5.44. The lowest BCUT2D eigenvalue weighted by atomic mass is 10.1. The Hall–Kier alpha value is -5.04. The Morgan fingerprint density at radius 2 is 1.02 bits per heavy atom. The first-order valence-electron chi connectivity index (χ1n) is 14.0. The summed E-state index contributed by atoms with van der Waals surface area (Å²) in [5.74, 6) is 0.846. The first-order valence-corrected chi connectivity index (χ1v) is 15.6. The molecule has 0 saturated carbocycles. The molecule has 0 N–H and O–H groups in total. The molecule has 0 bridgehead atoms. The first kappa shape index (κ1) is 25.7. The van der Waals surface area contributed by atoms with Crippen LogP contribution in [0.3, 0.4) is 0 Å². The lowest BCUT2D eigenvalue weighted by Gasteiger charge is -2.09. The summed E-state index contributed by atoms with van der Waals surface area (Å²) in [6.07, 6.45) is 7.48. The minimum atomic E-state index is 0.846. The third-order valence-corrected chi connectivity index (χ3v) is 10.1. The average molecular weight is 592 g/mol. The number of benzene rings is 3. The highest BCUT2D eigenvalue weighted by Gasteiger charge is 2.16. The summed E-state index contributed by atoms with van der Waals surface area (Å²) in [6.45, 7) is 0. The van der Waals surface area contributed by atoms with Crippen LogP contribution >= 0.6 is 22.7 Å². The van der Waals surface area contributed by atoms with Crippen molar-refractivity contribution in [1.82, 2.24) is 14.5 Å². The number of pyridine rings is 2. The van der Waals surface area contributed by atoms with E-state index in [9.17, 15) is 0 Å². The molecule has 0 spiro atoms. The van der Waals surface area contributed by atoms with Gasteiger partial charge in [-0.05, 0) is 96.1 Å². The maximum absolute atomic E-state index is 5.44. The van der Waals surface area contributed by atoms with Crippen LogP contribution in [0.5, 0.6) is 5.75 Å². The quantitative estimate of drug-likeness (QED) is 0.193. The van der Waals surface area contributed by atoms with E-state index < -0.39 is 0 Å². The topological polar surface area (TPSA) is 39.9 Å². The molecule has 0 saturated heterocycles. The van der Waals surface area contributed by atoms with Crippen LogP contribution in [-0.4, -0.2) is 21.6 Å². The molecule has 0 aliphatic rings. The Labute approximate surface area is 257 Å². The lowest BCUT2D eigenvalue weighted by molar-refractivity contribution is 0.415. The van der Waals surface area contributed by atoms with Crippen LogP contribution in [-0.2, 0) is 0 Å². The van der Waals surface area contributed by atoms with Gasteiger partial charge < -0.3 is 9.30 Å². The standard InChI is InChI=1S/C37H25N3OS2/c1-41-29-10-8-28(9-11-29)40-32-12-6-24(34-14-16-36(42-34)26-4-2-18-38-22-26)20-30(32)31-21-25(7-13-33(31)40)35-15-17-37(43-35)27-5-3-19-39-23-27/h2-23H,1H3. The van der Waals surface area contributed by atoms with Gasteiger partial charge in [-0.3, -0.25) is 9.97 Å². The molecule has 5 aromatic heterocycles. The van der Waals surface area contributed by atoms with Crippen LogP contribution in [0.4, 0.5) is 0 Å². The van der Waals surface area contributed by atoms with Gasteiger partial charge in [0.2, 0.25) is 0 Å². The van der Waals surface area contributed by atoms with Gasteiger partial charge in [0.1, 0.15) is 5.75 Å². The second-order valence-corrected chi connectivity index (χ2v) is 12.5. The van der Waals surface area contributed by atoms with E-state index in [-0.39, 0.29) is 0 Å². The summed E-state index contributed by atoms with van der Waals surface area (Å²) in [5.41, 5.74) is 8.15. The molecule has 8 rings (SSSR count). The second kappa shape index (κ2) is 10.7. The summed E-state index contributed by atoms with van der Waals surface area (Å²) in [4.78, 5) is 13.5. The van der Waals surface area contributed by atoms with Gasteiger partial charge in [0, 0.05) is 71.9 Å². The summed E-state index contributed by atoms with van der Waals surface area (Å²) < 4.78 is 7.79. The van der Waals surface area contributed by atoms with Crippen molar-refractivity contribution in [1.29, 1.82) is 0 Å². The zero-order valence-corrected chi connectivity index (χ0v) is 24.9. The Bertz CT molecular complexity index is 2080. The minimum Gasteiger partial charge on any atom is -0.497 e. The molecule has 0 aliphatic heterocycles. The molecular formula is C37H25N3OS2. The van der Waals surface area contributed by atoms with E-state index in [2.05, 4.69) is 99.5 Å². The fourth-order valence-electron chi connectivity index (χ4n) is 5.65.